The predicted molar refractivity (Wildman–Crippen MR) is 136 cm³/mol. The van der Waals surface area contributed by atoms with Crippen LogP contribution in [0.15, 0.2) is 85.7 Å². The van der Waals surface area contributed by atoms with Crippen molar-refractivity contribution < 1.29 is 18.0 Å². The SMILES string of the molecule is Cc1cn(-c2cc(-c3cc(C(N)=O)ccc3Nc3nccc(-c4cccnc4)n3)cc(C(F)(F)F)c2)cn1. The molecule has 0 atom stereocenters. The normalized spacial score (nSPS) is 11.4. The van der Waals surface area contributed by atoms with Gasteiger partial charge in [-0.15, -0.1) is 0 Å². The molecule has 0 saturated carbocycles. The highest BCUT2D eigenvalue weighted by Crippen LogP contribution is 2.38. The van der Waals surface area contributed by atoms with Gasteiger partial charge in [0.25, 0.3) is 0 Å². The Bertz CT molecular complexity index is 1630. The molecule has 8 nitrogen and oxygen atoms in total. The topological polar surface area (TPSA) is 112 Å². The van der Waals surface area contributed by atoms with Gasteiger partial charge in [-0.25, -0.2) is 15.0 Å². The first-order valence-electron chi connectivity index (χ1n) is 11.4. The molecule has 38 heavy (non-hydrogen) atoms. The first kappa shape index (κ1) is 24.6. The van der Waals surface area contributed by atoms with E-state index >= 15 is 0 Å². The number of aryl methyl sites for hydroxylation is 1. The number of alkyl halides is 3. The van der Waals surface area contributed by atoms with Gasteiger partial charge >= 0.3 is 6.18 Å². The van der Waals surface area contributed by atoms with Gasteiger partial charge in [-0.05, 0) is 67.1 Å². The fourth-order valence-electron chi connectivity index (χ4n) is 3.90. The second-order valence-electron chi connectivity index (χ2n) is 8.45. The number of anilines is 2. The average molecular weight is 515 g/mol. The van der Waals surface area contributed by atoms with Crippen molar-refractivity contribution in [3.05, 3.63) is 103 Å². The molecular weight excluding hydrogens is 495 g/mol. The number of benzene rings is 2. The lowest BCUT2D eigenvalue weighted by molar-refractivity contribution is -0.137. The number of rotatable bonds is 6. The van der Waals surface area contributed by atoms with Crippen molar-refractivity contribution in [1.29, 1.82) is 0 Å². The molecule has 3 N–H and O–H groups in total. The molecule has 11 heteroatoms. The van der Waals surface area contributed by atoms with Crippen LogP contribution in [0.4, 0.5) is 24.8 Å². The average Bonchev–Trinajstić information content (AvgIpc) is 3.35. The van der Waals surface area contributed by atoms with Gasteiger partial charge in [-0.3, -0.25) is 9.78 Å². The van der Waals surface area contributed by atoms with Crippen molar-refractivity contribution in [2.45, 2.75) is 13.1 Å². The van der Waals surface area contributed by atoms with Gasteiger partial charge in [-0.2, -0.15) is 13.2 Å². The van der Waals surface area contributed by atoms with E-state index in [0.717, 1.165) is 17.7 Å². The predicted octanol–water partition coefficient (Wildman–Crippen LogP) is 5.56. The molecule has 0 fully saturated rings. The van der Waals surface area contributed by atoms with E-state index in [2.05, 4.69) is 25.3 Å². The number of imidazole rings is 1. The molecule has 0 aliphatic rings. The molecule has 5 rings (SSSR count). The molecule has 3 aromatic heterocycles. The second-order valence-corrected chi connectivity index (χ2v) is 8.45. The number of carbonyl (C=O) groups is 1. The van der Waals surface area contributed by atoms with E-state index in [1.54, 1.807) is 56.0 Å². The molecule has 0 unspecified atom stereocenters. The molecule has 3 heterocycles. The summed E-state index contributed by atoms with van der Waals surface area (Å²) in [5, 5.41) is 3.07. The van der Waals surface area contributed by atoms with Crippen LogP contribution in [0.5, 0.6) is 0 Å². The zero-order valence-electron chi connectivity index (χ0n) is 19.9. The molecule has 0 saturated heterocycles. The number of primary amides is 1. The first-order valence-corrected chi connectivity index (χ1v) is 11.4. The number of nitrogens with one attached hydrogen (secondary N) is 1. The maximum Gasteiger partial charge on any atom is 0.416 e. The van der Waals surface area contributed by atoms with Gasteiger partial charge in [-0.1, -0.05) is 0 Å². The minimum Gasteiger partial charge on any atom is -0.366 e. The molecule has 0 spiro atoms. The van der Waals surface area contributed by atoms with E-state index in [4.69, 9.17) is 5.73 Å². The van der Waals surface area contributed by atoms with E-state index < -0.39 is 17.6 Å². The van der Waals surface area contributed by atoms with Crippen LogP contribution in [0.1, 0.15) is 21.6 Å². The van der Waals surface area contributed by atoms with E-state index in [-0.39, 0.29) is 22.8 Å². The number of hydrogen-bond donors (Lipinski definition) is 2. The third-order valence-electron chi connectivity index (χ3n) is 5.73. The zero-order valence-corrected chi connectivity index (χ0v) is 19.9. The van der Waals surface area contributed by atoms with Crippen LogP contribution in [0.25, 0.3) is 28.1 Å². The standard InChI is InChI=1S/C27H20F3N7O/c1-16-14-37(15-34-16)21-10-19(9-20(12-21)27(28,29)30)22-11-17(25(31)38)4-5-24(22)36-26-33-8-6-23(35-26)18-3-2-7-32-13-18/h2-15H,1H3,(H2,31,38)(H,33,35,36). The van der Waals surface area contributed by atoms with Crippen LogP contribution in [0, 0.1) is 6.92 Å². The quantitative estimate of drug-likeness (QED) is 0.306. The Labute approximate surface area is 215 Å². The Morgan fingerprint density at radius 1 is 1.00 bits per heavy atom. The number of amides is 1. The number of pyridine rings is 1. The van der Waals surface area contributed by atoms with Crippen molar-refractivity contribution in [3.8, 4) is 28.1 Å². The van der Waals surface area contributed by atoms with Gasteiger partial charge < -0.3 is 15.6 Å². The van der Waals surface area contributed by atoms with Crippen molar-refractivity contribution in [2.24, 2.45) is 5.73 Å². The van der Waals surface area contributed by atoms with Crippen LogP contribution in [0.3, 0.4) is 0 Å². The van der Waals surface area contributed by atoms with Crippen molar-refractivity contribution >= 4 is 17.5 Å². The van der Waals surface area contributed by atoms with Crippen molar-refractivity contribution in [1.82, 2.24) is 24.5 Å². The van der Waals surface area contributed by atoms with Crippen molar-refractivity contribution in [2.75, 3.05) is 5.32 Å². The highest BCUT2D eigenvalue weighted by atomic mass is 19.4. The highest BCUT2D eigenvalue weighted by molar-refractivity contribution is 5.96. The summed E-state index contributed by atoms with van der Waals surface area (Å²) in [5.74, 6) is -0.512. The lowest BCUT2D eigenvalue weighted by Gasteiger charge is -2.17. The molecule has 5 aromatic rings. The fourth-order valence-corrected chi connectivity index (χ4v) is 3.90. The van der Waals surface area contributed by atoms with Gasteiger partial charge in [0.2, 0.25) is 11.9 Å². The number of nitrogens with zero attached hydrogens (tertiary/aromatic N) is 5. The molecule has 0 aliphatic carbocycles. The Hall–Kier alpha value is -5.06. The van der Waals surface area contributed by atoms with Gasteiger partial charge in [0, 0.05) is 52.9 Å². The third-order valence-corrected chi connectivity index (χ3v) is 5.73. The summed E-state index contributed by atoms with van der Waals surface area (Å²) >= 11 is 0. The van der Waals surface area contributed by atoms with Gasteiger partial charge in [0.1, 0.15) is 0 Å². The maximum atomic E-state index is 13.9. The lowest BCUT2D eigenvalue weighted by Crippen LogP contribution is -2.11. The van der Waals surface area contributed by atoms with E-state index in [9.17, 15) is 18.0 Å². The number of nitrogens with two attached hydrogens (primary N) is 1. The van der Waals surface area contributed by atoms with E-state index in [1.165, 1.54) is 23.0 Å². The Balaban J connectivity index is 1.64. The Morgan fingerprint density at radius 2 is 1.84 bits per heavy atom. The number of hydrogen-bond acceptors (Lipinski definition) is 6. The van der Waals surface area contributed by atoms with E-state index in [1.807, 2.05) is 6.07 Å². The summed E-state index contributed by atoms with van der Waals surface area (Å²) in [6, 6.07) is 13.4. The van der Waals surface area contributed by atoms with E-state index in [0.29, 0.717) is 22.6 Å². The Kier molecular flexibility index (Phi) is 6.33. The molecule has 0 aliphatic heterocycles. The maximum absolute atomic E-state index is 13.9. The zero-order chi connectivity index (χ0) is 26.9. The fraction of sp³-hybridized carbons (Fsp3) is 0.0741. The minimum atomic E-state index is -4.61. The smallest absolute Gasteiger partial charge is 0.366 e. The summed E-state index contributed by atoms with van der Waals surface area (Å²) in [4.78, 5) is 28.9. The summed E-state index contributed by atoms with van der Waals surface area (Å²) in [6.07, 6.45) is 3.29. The molecule has 1 amide bonds. The molecule has 2 aromatic carbocycles. The summed E-state index contributed by atoms with van der Waals surface area (Å²) in [5.41, 5.74) is 7.91. The third kappa shape index (κ3) is 5.21. The Morgan fingerprint density at radius 3 is 2.53 bits per heavy atom. The minimum absolute atomic E-state index is 0.132. The largest absolute Gasteiger partial charge is 0.416 e. The summed E-state index contributed by atoms with van der Waals surface area (Å²) in [7, 11) is 0. The number of carbonyl (C=O) groups excluding carboxylic acids is 1. The monoisotopic (exact) mass is 515 g/mol. The summed E-state index contributed by atoms with van der Waals surface area (Å²) in [6.45, 7) is 1.74. The number of halogens is 3. The van der Waals surface area contributed by atoms with Crippen LogP contribution in [-0.2, 0) is 6.18 Å². The van der Waals surface area contributed by atoms with Crippen LogP contribution < -0.4 is 11.1 Å². The molecule has 0 radical (unpaired) electrons. The highest BCUT2D eigenvalue weighted by Gasteiger charge is 2.32. The molecular formula is C27H20F3N7O. The van der Waals surface area contributed by atoms with Crippen LogP contribution in [0.2, 0.25) is 0 Å². The first-order chi connectivity index (χ1) is 18.2. The van der Waals surface area contributed by atoms with Crippen LogP contribution in [-0.4, -0.2) is 30.4 Å². The number of aromatic nitrogens is 5. The van der Waals surface area contributed by atoms with Crippen LogP contribution >= 0.6 is 0 Å². The second kappa shape index (κ2) is 9.77. The molecule has 0 bridgehead atoms. The lowest BCUT2D eigenvalue weighted by atomic mass is 9.97. The van der Waals surface area contributed by atoms with Crippen molar-refractivity contribution in [3.63, 3.8) is 0 Å². The molecule has 190 valence electrons. The van der Waals surface area contributed by atoms with Gasteiger partial charge in [0.05, 0.1) is 23.3 Å². The van der Waals surface area contributed by atoms with Gasteiger partial charge in [0.15, 0.2) is 0 Å². The summed E-state index contributed by atoms with van der Waals surface area (Å²) < 4.78 is 43.2.